The van der Waals surface area contributed by atoms with Gasteiger partial charge in [-0.05, 0) is 24.6 Å². The summed E-state index contributed by atoms with van der Waals surface area (Å²) >= 11 is 0. The number of rotatable bonds is 3. The highest BCUT2D eigenvalue weighted by atomic mass is 16.5. The summed E-state index contributed by atoms with van der Waals surface area (Å²) in [7, 11) is 1.33. The summed E-state index contributed by atoms with van der Waals surface area (Å²) in [5.41, 5.74) is 6.62. The highest BCUT2D eigenvalue weighted by Gasteiger charge is 2.25. The van der Waals surface area contributed by atoms with Gasteiger partial charge in [-0.2, -0.15) is 5.26 Å². The summed E-state index contributed by atoms with van der Waals surface area (Å²) in [6, 6.07) is 8.88. The summed E-state index contributed by atoms with van der Waals surface area (Å²) in [5, 5.41) is 8.66. The van der Waals surface area contributed by atoms with Gasteiger partial charge < -0.3 is 10.5 Å². The molecular formula is C12H14N2O2. The smallest absolute Gasteiger partial charge is 0.307 e. The van der Waals surface area contributed by atoms with E-state index in [1.165, 1.54) is 7.11 Å². The van der Waals surface area contributed by atoms with Crippen LogP contribution in [0.3, 0.4) is 0 Å². The van der Waals surface area contributed by atoms with Gasteiger partial charge in [-0.3, -0.25) is 4.79 Å². The molecule has 0 saturated heterocycles. The molecule has 1 aromatic rings. The number of carbonyl (C=O) groups excluding carboxylic acids is 1. The van der Waals surface area contributed by atoms with Gasteiger partial charge in [0, 0.05) is 5.54 Å². The van der Waals surface area contributed by atoms with Crippen LogP contribution in [-0.2, 0) is 15.1 Å². The predicted octanol–water partition coefficient (Wildman–Crippen LogP) is 1.30. The quantitative estimate of drug-likeness (QED) is 0.776. The summed E-state index contributed by atoms with van der Waals surface area (Å²) in [6.45, 7) is 1.76. The lowest BCUT2D eigenvalue weighted by atomic mass is 9.89. The second-order valence-electron chi connectivity index (χ2n) is 3.86. The van der Waals surface area contributed by atoms with Crippen LogP contribution in [0.15, 0.2) is 24.3 Å². The van der Waals surface area contributed by atoms with Crippen LogP contribution in [0.25, 0.3) is 0 Å². The lowest BCUT2D eigenvalue weighted by molar-refractivity contribution is -0.141. The number of ether oxygens (including phenoxy) is 1. The maximum absolute atomic E-state index is 11.2. The molecule has 0 aliphatic heterocycles. The van der Waals surface area contributed by atoms with Crippen LogP contribution in [0.1, 0.15) is 24.5 Å². The second kappa shape index (κ2) is 4.77. The Labute approximate surface area is 94.6 Å². The molecule has 0 amide bonds. The van der Waals surface area contributed by atoms with E-state index >= 15 is 0 Å². The Morgan fingerprint density at radius 2 is 2.06 bits per heavy atom. The van der Waals surface area contributed by atoms with Crippen LogP contribution in [0.5, 0.6) is 0 Å². The summed E-state index contributed by atoms with van der Waals surface area (Å²) in [6.07, 6.45) is 0.107. The molecule has 0 aliphatic carbocycles. The number of methoxy groups -OCH3 is 1. The Bertz CT molecular complexity index is 416. The van der Waals surface area contributed by atoms with Gasteiger partial charge in [0.15, 0.2) is 0 Å². The minimum atomic E-state index is -0.777. The zero-order chi connectivity index (χ0) is 12.2. The van der Waals surface area contributed by atoms with E-state index in [4.69, 9.17) is 11.0 Å². The zero-order valence-electron chi connectivity index (χ0n) is 9.36. The number of benzene rings is 1. The van der Waals surface area contributed by atoms with Crippen molar-refractivity contribution in [2.24, 2.45) is 5.73 Å². The first-order chi connectivity index (χ1) is 7.49. The SMILES string of the molecule is COC(=O)C[C@@](C)(N)c1ccc(C#N)cc1. The number of carbonyl (C=O) groups is 1. The third kappa shape index (κ3) is 2.81. The largest absolute Gasteiger partial charge is 0.469 e. The summed E-state index contributed by atoms with van der Waals surface area (Å²) in [5.74, 6) is -0.352. The molecule has 0 saturated carbocycles. The van der Waals surface area contributed by atoms with Gasteiger partial charge in [0.2, 0.25) is 0 Å². The van der Waals surface area contributed by atoms with Gasteiger partial charge >= 0.3 is 5.97 Å². The minimum Gasteiger partial charge on any atom is -0.469 e. The van der Waals surface area contributed by atoms with Crippen molar-refractivity contribution in [1.29, 1.82) is 5.26 Å². The predicted molar refractivity (Wildman–Crippen MR) is 59.3 cm³/mol. The molecule has 84 valence electrons. The van der Waals surface area contributed by atoms with E-state index in [9.17, 15) is 4.79 Å². The van der Waals surface area contributed by atoms with Crippen molar-refractivity contribution >= 4 is 5.97 Å². The normalized spacial score (nSPS) is 13.6. The van der Waals surface area contributed by atoms with Crippen molar-refractivity contribution < 1.29 is 9.53 Å². The Morgan fingerprint density at radius 1 is 1.50 bits per heavy atom. The molecule has 0 spiro atoms. The average Bonchev–Trinajstić information content (AvgIpc) is 2.28. The van der Waals surface area contributed by atoms with Crippen LogP contribution in [0.2, 0.25) is 0 Å². The van der Waals surface area contributed by atoms with Gasteiger partial charge in [-0.15, -0.1) is 0 Å². The molecular weight excluding hydrogens is 204 g/mol. The molecule has 0 unspecified atom stereocenters. The minimum absolute atomic E-state index is 0.107. The van der Waals surface area contributed by atoms with Crippen LogP contribution in [0.4, 0.5) is 0 Å². The number of nitrogens with two attached hydrogens (primary N) is 1. The van der Waals surface area contributed by atoms with Gasteiger partial charge in [-0.25, -0.2) is 0 Å². The fraction of sp³-hybridized carbons (Fsp3) is 0.333. The molecule has 0 aromatic heterocycles. The molecule has 1 rings (SSSR count). The highest BCUT2D eigenvalue weighted by molar-refractivity contribution is 5.71. The van der Waals surface area contributed by atoms with Gasteiger partial charge in [0.1, 0.15) is 0 Å². The first kappa shape index (κ1) is 12.2. The van der Waals surface area contributed by atoms with E-state index in [1.807, 2.05) is 6.07 Å². The third-order valence-electron chi connectivity index (χ3n) is 2.41. The first-order valence-corrected chi connectivity index (χ1v) is 4.86. The second-order valence-corrected chi connectivity index (χ2v) is 3.86. The fourth-order valence-electron chi connectivity index (χ4n) is 1.40. The number of hydrogen-bond donors (Lipinski definition) is 1. The number of esters is 1. The Balaban J connectivity index is 2.90. The molecule has 0 aliphatic rings. The molecule has 4 nitrogen and oxygen atoms in total. The maximum atomic E-state index is 11.2. The van der Waals surface area contributed by atoms with E-state index in [2.05, 4.69) is 4.74 Å². The molecule has 2 N–H and O–H groups in total. The Kier molecular flexibility index (Phi) is 3.64. The molecule has 0 fully saturated rings. The van der Waals surface area contributed by atoms with Crippen LogP contribution >= 0.6 is 0 Å². The van der Waals surface area contributed by atoms with E-state index in [0.29, 0.717) is 5.56 Å². The lowest BCUT2D eigenvalue weighted by Crippen LogP contribution is -2.35. The van der Waals surface area contributed by atoms with Crippen LogP contribution in [-0.4, -0.2) is 13.1 Å². The first-order valence-electron chi connectivity index (χ1n) is 4.86. The molecule has 1 atom stereocenters. The topological polar surface area (TPSA) is 76.1 Å². The standard InChI is InChI=1S/C12H14N2O2/c1-12(14,7-11(15)16-2)10-5-3-9(8-13)4-6-10/h3-6H,7,14H2,1-2H3/t12-/m1/s1. The van der Waals surface area contributed by atoms with E-state index < -0.39 is 5.54 Å². The molecule has 1 aromatic carbocycles. The fourth-order valence-corrected chi connectivity index (χ4v) is 1.40. The highest BCUT2D eigenvalue weighted by Crippen LogP contribution is 2.22. The molecule has 4 heteroatoms. The summed E-state index contributed by atoms with van der Waals surface area (Å²) in [4.78, 5) is 11.2. The number of nitriles is 1. The van der Waals surface area contributed by atoms with Crippen molar-refractivity contribution in [3.63, 3.8) is 0 Å². The average molecular weight is 218 g/mol. The monoisotopic (exact) mass is 218 g/mol. The van der Waals surface area contributed by atoms with E-state index in [0.717, 1.165) is 5.56 Å². The van der Waals surface area contributed by atoms with Gasteiger partial charge in [-0.1, -0.05) is 12.1 Å². The molecule has 0 heterocycles. The van der Waals surface area contributed by atoms with Gasteiger partial charge in [0.25, 0.3) is 0 Å². The van der Waals surface area contributed by atoms with E-state index in [-0.39, 0.29) is 12.4 Å². The van der Waals surface area contributed by atoms with Crippen LogP contribution < -0.4 is 5.73 Å². The molecule has 0 radical (unpaired) electrons. The van der Waals surface area contributed by atoms with Crippen molar-refractivity contribution in [2.75, 3.05) is 7.11 Å². The van der Waals surface area contributed by atoms with E-state index in [1.54, 1.807) is 31.2 Å². The number of nitrogens with zero attached hydrogens (tertiary/aromatic N) is 1. The lowest BCUT2D eigenvalue weighted by Gasteiger charge is -2.23. The Hall–Kier alpha value is -1.86. The van der Waals surface area contributed by atoms with Crippen LogP contribution in [0, 0.1) is 11.3 Å². The van der Waals surface area contributed by atoms with Crippen molar-refractivity contribution in [3.05, 3.63) is 35.4 Å². The molecule has 0 bridgehead atoms. The van der Waals surface area contributed by atoms with Gasteiger partial charge in [0.05, 0.1) is 25.2 Å². The maximum Gasteiger partial charge on any atom is 0.307 e. The van der Waals surface area contributed by atoms with Crippen molar-refractivity contribution in [3.8, 4) is 6.07 Å². The summed E-state index contributed by atoms with van der Waals surface area (Å²) < 4.78 is 4.58. The third-order valence-corrected chi connectivity index (χ3v) is 2.41. The zero-order valence-corrected chi connectivity index (χ0v) is 9.36. The number of hydrogen-bond acceptors (Lipinski definition) is 4. The van der Waals surface area contributed by atoms with Crippen molar-refractivity contribution in [1.82, 2.24) is 0 Å². The van der Waals surface area contributed by atoms with Crippen molar-refractivity contribution in [2.45, 2.75) is 18.9 Å². The Morgan fingerprint density at radius 3 is 2.50 bits per heavy atom. The molecule has 16 heavy (non-hydrogen) atoms.